The van der Waals surface area contributed by atoms with Crippen molar-refractivity contribution in [1.29, 1.82) is 0 Å². The molecule has 2 aromatic rings. The molecule has 1 saturated heterocycles. The van der Waals surface area contributed by atoms with Crippen molar-refractivity contribution in [3.63, 3.8) is 0 Å². The standard InChI is InChI=1S/C32H35NO10/c1-19(34)40-18-31-22(41-23(35)13-12-20-9-6-5-7-10-20)14-15-30(4,39)32(31)26(37)24(29(2,3)43-32)25(36)27(31)42-28(38)21-11-8-16-33-17-21/h5-13,16-17,22,24,26-27,37,39H,14-15,18H2,1-4H3. The first-order valence-electron chi connectivity index (χ1n) is 14.1. The third-order valence-electron chi connectivity index (χ3n) is 9.00. The maximum Gasteiger partial charge on any atom is 0.340 e. The third kappa shape index (κ3) is 4.85. The van der Waals surface area contributed by atoms with Gasteiger partial charge in [-0.15, -0.1) is 0 Å². The number of aliphatic hydroxyl groups excluding tert-OH is 1. The van der Waals surface area contributed by atoms with Crippen molar-refractivity contribution in [3.8, 4) is 0 Å². The summed E-state index contributed by atoms with van der Waals surface area (Å²) in [6, 6.07) is 12.0. The number of hydrogen-bond donors (Lipinski definition) is 2. The van der Waals surface area contributed by atoms with Crippen LogP contribution in [0.5, 0.6) is 0 Å². The molecule has 1 spiro atoms. The fraction of sp³-hybridized carbons (Fsp3) is 0.469. The van der Waals surface area contributed by atoms with Gasteiger partial charge in [-0.05, 0) is 57.4 Å². The van der Waals surface area contributed by atoms with Gasteiger partial charge in [0, 0.05) is 25.4 Å². The third-order valence-corrected chi connectivity index (χ3v) is 9.00. The van der Waals surface area contributed by atoms with Gasteiger partial charge in [-0.25, -0.2) is 9.59 Å². The minimum Gasteiger partial charge on any atom is -0.465 e. The molecular weight excluding hydrogens is 558 g/mol. The number of benzene rings is 1. The second-order valence-corrected chi connectivity index (χ2v) is 12.1. The Morgan fingerprint density at radius 2 is 1.81 bits per heavy atom. The zero-order valence-electron chi connectivity index (χ0n) is 24.4. The van der Waals surface area contributed by atoms with Gasteiger partial charge in [-0.3, -0.25) is 14.6 Å². The summed E-state index contributed by atoms with van der Waals surface area (Å²) >= 11 is 0. The Bertz CT molecular complexity index is 1440. The van der Waals surface area contributed by atoms with Gasteiger partial charge in [0.2, 0.25) is 0 Å². The SMILES string of the molecule is CC(=O)OCC12C(OC(=O)C=Cc3ccccc3)CCC(C)(O)C13OC(C)(C)C(C(=O)C2OC(=O)c1cccnc1)C3O. The Hall–Kier alpha value is -3.93. The summed E-state index contributed by atoms with van der Waals surface area (Å²) in [4.78, 5) is 57.2. The van der Waals surface area contributed by atoms with Crippen molar-refractivity contribution in [2.45, 2.75) is 75.7 Å². The lowest BCUT2D eigenvalue weighted by Crippen LogP contribution is -2.82. The number of fused-ring (bicyclic) bond motifs is 1. The molecule has 11 heteroatoms. The minimum absolute atomic E-state index is 0.0213. The van der Waals surface area contributed by atoms with E-state index in [9.17, 15) is 29.4 Å². The topological polar surface area (TPSA) is 159 Å². The van der Waals surface area contributed by atoms with Gasteiger partial charge in [0.05, 0.1) is 28.8 Å². The van der Waals surface area contributed by atoms with Gasteiger partial charge in [-0.2, -0.15) is 0 Å². The minimum atomic E-state index is -2.07. The predicted molar refractivity (Wildman–Crippen MR) is 150 cm³/mol. The largest absolute Gasteiger partial charge is 0.465 e. The van der Waals surface area contributed by atoms with Crippen molar-refractivity contribution in [2.24, 2.45) is 11.3 Å². The molecule has 1 aromatic heterocycles. The van der Waals surface area contributed by atoms with Gasteiger partial charge in [0.15, 0.2) is 11.9 Å². The number of pyridine rings is 1. The van der Waals surface area contributed by atoms with Crippen LogP contribution in [0.2, 0.25) is 0 Å². The van der Waals surface area contributed by atoms with Gasteiger partial charge in [0.1, 0.15) is 23.7 Å². The molecule has 2 aliphatic carbocycles. The van der Waals surface area contributed by atoms with Crippen LogP contribution in [0.1, 0.15) is 56.5 Å². The number of carbonyl (C=O) groups excluding carboxylic acids is 4. The second kappa shape index (κ2) is 11.0. The first-order chi connectivity index (χ1) is 20.3. The molecule has 1 aliphatic heterocycles. The molecule has 2 bridgehead atoms. The van der Waals surface area contributed by atoms with Crippen molar-refractivity contribution < 1.29 is 48.3 Å². The monoisotopic (exact) mass is 593 g/mol. The number of aromatic nitrogens is 1. The average Bonchev–Trinajstić information content (AvgIpc) is 3.15. The fourth-order valence-electron chi connectivity index (χ4n) is 7.22. The van der Waals surface area contributed by atoms with Crippen LogP contribution in [0.15, 0.2) is 60.9 Å². The predicted octanol–water partition coefficient (Wildman–Crippen LogP) is 2.43. The van der Waals surface area contributed by atoms with Gasteiger partial charge in [0.25, 0.3) is 0 Å². The number of aliphatic hydroxyl groups is 2. The number of carbonyl (C=O) groups is 4. The van der Waals surface area contributed by atoms with Gasteiger partial charge >= 0.3 is 17.9 Å². The molecule has 11 nitrogen and oxygen atoms in total. The van der Waals surface area contributed by atoms with Crippen LogP contribution in [-0.4, -0.2) is 80.6 Å². The van der Waals surface area contributed by atoms with Crippen molar-refractivity contribution >= 4 is 29.8 Å². The fourth-order valence-corrected chi connectivity index (χ4v) is 7.22. The molecule has 228 valence electrons. The van der Waals surface area contributed by atoms with E-state index in [4.69, 9.17) is 18.9 Å². The van der Waals surface area contributed by atoms with Crippen LogP contribution in [0.25, 0.3) is 6.08 Å². The van der Waals surface area contributed by atoms with E-state index in [1.807, 2.05) is 6.07 Å². The van der Waals surface area contributed by atoms with Gasteiger partial charge in [-0.1, -0.05) is 30.3 Å². The number of esters is 3. The summed E-state index contributed by atoms with van der Waals surface area (Å²) < 4.78 is 23.9. The van der Waals surface area contributed by atoms with Crippen LogP contribution in [0, 0.1) is 11.3 Å². The van der Waals surface area contributed by atoms with E-state index in [2.05, 4.69) is 4.98 Å². The highest BCUT2D eigenvalue weighted by Gasteiger charge is 2.85. The highest BCUT2D eigenvalue weighted by molar-refractivity contribution is 5.96. The molecular formula is C32H35NO10. The summed E-state index contributed by atoms with van der Waals surface area (Å²) in [5, 5.41) is 23.9. The second-order valence-electron chi connectivity index (χ2n) is 12.1. The molecule has 5 rings (SSSR count). The lowest BCUT2D eigenvalue weighted by Gasteiger charge is -2.63. The Kier molecular flexibility index (Phi) is 7.78. The molecule has 7 unspecified atom stereocenters. The zero-order chi connectivity index (χ0) is 31.2. The van der Waals surface area contributed by atoms with Crippen molar-refractivity contribution in [2.75, 3.05) is 6.61 Å². The number of ketones is 1. The lowest BCUT2D eigenvalue weighted by atomic mass is 9.46. The molecule has 0 radical (unpaired) electrons. The smallest absolute Gasteiger partial charge is 0.340 e. The van der Waals surface area contributed by atoms with Crippen molar-refractivity contribution in [3.05, 3.63) is 72.1 Å². The maximum atomic E-state index is 14.3. The number of hydrogen-bond acceptors (Lipinski definition) is 11. The van der Waals surface area contributed by atoms with Crippen LogP contribution in [0.3, 0.4) is 0 Å². The van der Waals surface area contributed by atoms with E-state index in [1.165, 1.54) is 37.5 Å². The molecule has 3 aliphatic rings. The Morgan fingerprint density at radius 1 is 1.09 bits per heavy atom. The number of Topliss-reactive ketones (excluding diaryl/α,β-unsaturated/α-hetero) is 1. The summed E-state index contributed by atoms with van der Waals surface area (Å²) in [5.74, 6) is -4.41. The molecule has 2 N–H and O–H groups in total. The Balaban J connectivity index is 1.67. The van der Waals surface area contributed by atoms with Crippen LogP contribution < -0.4 is 0 Å². The first-order valence-corrected chi connectivity index (χ1v) is 14.1. The molecule has 43 heavy (non-hydrogen) atoms. The van der Waals surface area contributed by atoms with E-state index in [-0.39, 0.29) is 18.4 Å². The van der Waals surface area contributed by atoms with E-state index in [1.54, 1.807) is 44.2 Å². The summed E-state index contributed by atoms with van der Waals surface area (Å²) in [6.45, 7) is 5.09. The average molecular weight is 594 g/mol. The highest BCUT2D eigenvalue weighted by Crippen LogP contribution is 2.67. The van der Waals surface area contributed by atoms with Crippen molar-refractivity contribution in [1.82, 2.24) is 4.98 Å². The zero-order valence-corrected chi connectivity index (χ0v) is 24.4. The number of ether oxygens (including phenoxy) is 4. The van der Waals surface area contributed by atoms with E-state index < -0.39 is 76.7 Å². The van der Waals surface area contributed by atoms with Crippen LogP contribution in [0.4, 0.5) is 0 Å². The van der Waals surface area contributed by atoms with Gasteiger partial charge < -0.3 is 29.2 Å². The summed E-state index contributed by atoms with van der Waals surface area (Å²) in [5.41, 5.74) is -6.55. The quantitative estimate of drug-likeness (QED) is 0.276. The molecule has 2 heterocycles. The molecule has 1 aromatic carbocycles. The van der Waals surface area contributed by atoms with Crippen LogP contribution >= 0.6 is 0 Å². The summed E-state index contributed by atoms with van der Waals surface area (Å²) in [6.07, 6.45) is 0.729. The van der Waals surface area contributed by atoms with Crippen LogP contribution in [-0.2, 0) is 33.3 Å². The molecule has 2 saturated carbocycles. The molecule has 3 fully saturated rings. The normalized spacial score (nSPS) is 34.3. The van der Waals surface area contributed by atoms with E-state index in [0.717, 1.165) is 12.5 Å². The number of nitrogens with zero attached hydrogens (tertiary/aromatic N) is 1. The Labute approximate surface area is 248 Å². The maximum absolute atomic E-state index is 14.3. The van der Waals surface area contributed by atoms with E-state index >= 15 is 0 Å². The molecule has 7 atom stereocenters. The Morgan fingerprint density at radius 3 is 2.47 bits per heavy atom. The lowest BCUT2D eigenvalue weighted by molar-refractivity contribution is -0.334. The van der Waals surface area contributed by atoms with E-state index in [0.29, 0.717) is 0 Å². The highest BCUT2D eigenvalue weighted by atomic mass is 16.6. The first kappa shape index (κ1) is 30.5. The number of rotatable bonds is 7. The molecule has 0 amide bonds. The summed E-state index contributed by atoms with van der Waals surface area (Å²) in [7, 11) is 0.